The van der Waals surface area contributed by atoms with Gasteiger partial charge in [-0.25, -0.2) is 4.98 Å². The maximum Gasteiger partial charge on any atom is 0.185 e. The fourth-order valence-corrected chi connectivity index (χ4v) is 3.77. The van der Waals surface area contributed by atoms with E-state index in [9.17, 15) is 0 Å². The third-order valence-electron chi connectivity index (χ3n) is 5.16. The molecule has 8 heteroatoms. The third-order valence-corrected chi connectivity index (χ3v) is 5.16. The lowest BCUT2D eigenvalue weighted by atomic mass is 9.98. The van der Waals surface area contributed by atoms with Crippen LogP contribution in [-0.4, -0.2) is 78.0 Å². The normalized spacial score (nSPS) is 19.2. The zero-order valence-corrected chi connectivity index (χ0v) is 14.8. The zero-order valence-electron chi connectivity index (χ0n) is 14.8. The molecule has 0 atom stereocenters. The smallest absolute Gasteiger partial charge is 0.185 e. The van der Waals surface area contributed by atoms with Crippen molar-refractivity contribution in [1.82, 2.24) is 25.0 Å². The van der Waals surface area contributed by atoms with Crippen molar-refractivity contribution in [2.24, 2.45) is 0 Å². The SMILES string of the molecule is CN1CCc2c(c(NCCCN3CCOCC3)nc3n[nH]c(N)c23)C1. The van der Waals surface area contributed by atoms with Gasteiger partial charge in [-0.2, -0.15) is 5.10 Å². The van der Waals surface area contributed by atoms with Gasteiger partial charge >= 0.3 is 0 Å². The second-order valence-corrected chi connectivity index (χ2v) is 6.98. The molecule has 2 aliphatic rings. The van der Waals surface area contributed by atoms with Crippen LogP contribution in [0.25, 0.3) is 11.0 Å². The Hall–Kier alpha value is -1.90. The predicted molar refractivity (Wildman–Crippen MR) is 98.7 cm³/mol. The van der Waals surface area contributed by atoms with Crippen LogP contribution in [-0.2, 0) is 17.7 Å². The molecule has 0 radical (unpaired) electrons. The number of morpholine rings is 1. The molecule has 136 valence electrons. The van der Waals surface area contributed by atoms with Crippen LogP contribution in [0.2, 0.25) is 0 Å². The minimum atomic E-state index is 0.627. The quantitative estimate of drug-likeness (QED) is 0.685. The summed E-state index contributed by atoms with van der Waals surface area (Å²) >= 11 is 0. The molecule has 0 aromatic carbocycles. The summed E-state index contributed by atoms with van der Waals surface area (Å²) in [4.78, 5) is 9.52. The van der Waals surface area contributed by atoms with Gasteiger partial charge in [0.25, 0.3) is 0 Å². The van der Waals surface area contributed by atoms with Crippen LogP contribution in [0.4, 0.5) is 11.6 Å². The summed E-state index contributed by atoms with van der Waals surface area (Å²) in [5, 5.41) is 11.7. The van der Waals surface area contributed by atoms with Crippen molar-refractivity contribution in [2.75, 3.05) is 64.0 Å². The number of nitrogens with two attached hydrogens (primary N) is 1. The number of fused-ring (bicyclic) bond motifs is 3. The van der Waals surface area contributed by atoms with Crippen molar-refractivity contribution < 1.29 is 4.74 Å². The molecule has 0 spiro atoms. The first kappa shape index (κ1) is 16.6. The van der Waals surface area contributed by atoms with Gasteiger partial charge in [0.2, 0.25) is 0 Å². The summed E-state index contributed by atoms with van der Waals surface area (Å²) in [7, 11) is 2.15. The van der Waals surface area contributed by atoms with E-state index in [4.69, 9.17) is 15.5 Å². The number of H-pyrrole nitrogens is 1. The molecule has 1 saturated heterocycles. The van der Waals surface area contributed by atoms with E-state index in [-0.39, 0.29) is 0 Å². The number of nitrogens with zero attached hydrogens (tertiary/aromatic N) is 4. The van der Waals surface area contributed by atoms with Crippen LogP contribution < -0.4 is 11.1 Å². The first-order chi connectivity index (χ1) is 12.2. The highest BCUT2D eigenvalue weighted by Gasteiger charge is 2.23. The molecule has 2 aromatic rings. The number of likely N-dealkylation sites (N-methyl/N-ethyl adjacent to an activating group) is 1. The topological polar surface area (TPSA) is 95.3 Å². The maximum atomic E-state index is 6.08. The molecule has 0 unspecified atom stereocenters. The first-order valence-corrected chi connectivity index (χ1v) is 9.10. The van der Waals surface area contributed by atoms with Gasteiger partial charge in [0.05, 0.1) is 18.6 Å². The summed E-state index contributed by atoms with van der Waals surface area (Å²) in [6.45, 7) is 7.72. The van der Waals surface area contributed by atoms with Crippen LogP contribution in [0, 0.1) is 0 Å². The number of rotatable bonds is 5. The van der Waals surface area contributed by atoms with E-state index in [1.807, 2.05) is 0 Å². The molecule has 0 amide bonds. The lowest BCUT2D eigenvalue weighted by Crippen LogP contribution is -2.37. The number of pyridine rings is 1. The van der Waals surface area contributed by atoms with E-state index in [0.717, 1.165) is 82.2 Å². The molecule has 0 saturated carbocycles. The minimum absolute atomic E-state index is 0.627. The molecular formula is C17H27N7O. The largest absolute Gasteiger partial charge is 0.384 e. The Balaban J connectivity index is 1.48. The van der Waals surface area contributed by atoms with E-state index in [1.165, 1.54) is 11.1 Å². The Morgan fingerprint density at radius 1 is 1.24 bits per heavy atom. The molecule has 2 aliphatic heterocycles. The monoisotopic (exact) mass is 345 g/mol. The Bertz CT molecular complexity index is 738. The van der Waals surface area contributed by atoms with Gasteiger partial charge in [0, 0.05) is 38.3 Å². The van der Waals surface area contributed by atoms with Crippen molar-refractivity contribution >= 4 is 22.7 Å². The highest BCUT2D eigenvalue weighted by molar-refractivity contribution is 5.92. The van der Waals surface area contributed by atoms with Crippen LogP contribution >= 0.6 is 0 Å². The summed E-state index contributed by atoms with van der Waals surface area (Å²) in [5.74, 6) is 1.59. The number of nitrogens with one attached hydrogen (secondary N) is 2. The molecule has 8 nitrogen and oxygen atoms in total. The van der Waals surface area contributed by atoms with Crippen LogP contribution in [0.5, 0.6) is 0 Å². The molecule has 25 heavy (non-hydrogen) atoms. The number of ether oxygens (including phenoxy) is 1. The van der Waals surface area contributed by atoms with E-state index < -0.39 is 0 Å². The fraction of sp³-hybridized carbons (Fsp3) is 0.647. The number of aromatic nitrogens is 3. The second-order valence-electron chi connectivity index (χ2n) is 6.98. The van der Waals surface area contributed by atoms with Gasteiger partial charge in [-0.3, -0.25) is 10.00 Å². The highest BCUT2D eigenvalue weighted by atomic mass is 16.5. The van der Waals surface area contributed by atoms with E-state index in [2.05, 4.69) is 32.4 Å². The Morgan fingerprint density at radius 3 is 2.92 bits per heavy atom. The number of aromatic amines is 1. The molecule has 4 N–H and O–H groups in total. The average Bonchev–Trinajstić information content (AvgIpc) is 3.00. The Morgan fingerprint density at radius 2 is 2.08 bits per heavy atom. The minimum Gasteiger partial charge on any atom is -0.384 e. The van der Waals surface area contributed by atoms with E-state index in [1.54, 1.807) is 0 Å². The number of hydrogen-bond donors (Lipinski definition) is 3. The van der Waals surface area contributed by atoms with Crippen molar-refractivity contribution in [3.63, 3.8) is 0 Å². The van der Waals surface area contributed by atoms with Gasteiger partial charge in [-0.1, -0.05) is 0 Å². The average molecular weight is 345 g/mol. The second kappa shape index (κ2) is 7.15. The fourth-order valence-electron chi connectivity index (χ4n) is 3.77. The van der Waals surface area contributed by atoms with Crippen LogP contribution in [0.3, 0.4) is 0 Å². The number of anilines is 2. The summed E-state index contributed by atoms with van der Waals surface area (Å²) in [6, 6.07) is 0. The summed E-state index contributed by atoms with van der Waals surface area (Å²) in [6.07, 6.45) is 2.07. The molecule has 2 aromatic heterocycles. The lowest BCUT2D eigenvalue weighted by molar-refractivity contribution is 0.0378. The van der Waals surface area contributed by atoms with Gasteiger partial charge in [-0.05, 0) is 32.0 Å². The Labute approximate surface area is 147 Å². The van der Waals surface area contributed by atoms with Crippen molar-refractivity contribution in [3.8, 4) is 0 Å². The number of hydrogen-bond acceptors (Lipinski definition) is 7. The maximum absolute atomic E-state index is 6.08. The van der Waals surface area contributed by atoms with Crippen LogP contribution in [0.1, 0.15) is 17.5 Å². The molecule has 4 rings (SSSR count). The van der Waals surface area contributed by atoms with Crippen LogP contribution in [0.15, 0.2) is 0 Å². The van der Waals surface area contributed by atoms with E-state index in [0.29, 0.717) is 5.82 Å². The first-order valence-electron chi connectivity index (χ1n) is 9.10. The van der Waals surface area contributed by atoms with E-state index >= 15 is 0 Å². The lowest BCUT2D eigenvalue weighted by Gasteiger charge is -2.28. The van der Waals surface area contributed by atoms with Gasteiger partial charge < -0.3 is 20.7 Å². The van der Waals surface area contributed by atoms with Crippen molar-refractivity contribution in [1.29, 1.82) is 0 Å². The molecule has 4 heterocycles. The van der Waals surface area contributed by atoms with Crippen molar-refractivity contribution in [2.45, 2.75) is 19.4 Å². The molecular weight excluding hydrogens is 318 g/mol. The summed E-state index contributed by atoms with van der Waals surface area (Å²) in [5.41, 5.74) is 9.36. The van der Waals surface area contributed by atoms with Crippen molar-refractivity contribution in [3.05, 3.63) is 11.1 Å². The Kier molecular flexibility index (Phi) is 4.74. The highest BCUT2D eigenvalue weighted by Crippen LogP contribution is 2.32. The standard InChI is InChI=1S/C17H27N7O/c1-23-6-3-12-13(11-23)16(20-17-14(12)15(18)21-22-17)19-4-2-5-24-7-9-25-10-8-24/h2-11H2,1H3,(H4,18,19,20,21,22). The van der Waals surface area contributed by atoms with Gasteiger partial charge in [-0.15, -0.1) is 0 Å². The predicted octanol–water partition coefficient (Wildman–Crippen LogP) is 0.662. The molecule has 0 aliphatic carbocycles. The molecule has 1 fully saturated rings. The molecule has 0 bridgehead atoms. The summed E-state index contributed by atoms with van der Waals surface area (Å²) < 4.78 is 5.40. The van der Waals surface area contributed by atoms with Gasteiger partial charge in [0.1, 0.15) is 11.6 Å². The third kappa shape index (κ3) is 3.42. The van der Waals surface area contributed by atoms with Gasteiger partial charge in [0.15, 0.2) is 5.65 Å². The number of nitrogen functional groups attached to an aromatic ring is 1. The zero-order chi connectivity index (χ0) is 17.2.